The largest absolute Gasteiger partial charge is 0.341 e. The fraction of sp³-hybridized carbons (Fsp3) is 0.800. The quantitative estimate of drug-likeness (QED) is 0.584. The first-order valence-corrected chi connectivity index (χ1v) is 4.82. The van der Waals surface area contributed by atoms with Crippen molar-refractivity contribution in [3.05, 3.63) is 0 Å². The molecule has 0 aromatic heterocycles. The van der Waals surface area contributed by atoms with Gasteiger partial charge in [0.25, 0.3) is 0 Å². The second-order valence-corrected chi connectivity index (χ2v) is 4.12. The van der Waals surface area contributed by atoms with Gasteiger partial charge in [-0.2, -0.15) is 0 Å². The van der Waals surface area contributed by atoms with Crippen molar-refractivity contribution < 1.29 is 13.2 Å². The monoisotopic (exact) mass is 180 g/mol. The van der Waals surface area contributed by atoms with Crippen molar-refractivity contribution in [2.75, 3.05) is 5.88 Å². The zero-order chi connectivity index (χ0) is 9.07. The number of nitrogens with two attached hydrogens (primary N) is 1. The van der Waals surface area contributed by atoms with Crippen LogP contribution in [-0.2, 0) is 14.8 Å². The molecule has 0 aliphatic heterocycles. The third-order valence-electron chi connectivity index (χ3n) is 0.972. The van der Waals surface area contributed by atoms with E-state index >= 15 is 0 Å². The van der Waals surface area contributed by atoms with Crippen LogP contribution in [0.3, 0.4) is 0 Å². The van der Waals surface area contributed by atoms with Crippen LogP contribution in [0.2, 0.25) is 0 Å². The first-order valence-electron chi connectivity index (χ1n) is 3.11. The molecule has 0 radical (unpaired) electrons. The highest BCUT2D eigenvalue weighted by Crippen LogP contribution is 1.89. The van der Waals surface area contributed by atoms with E-state index in [9.17, 15) is 13.2 Å². The second-order valence-electron chi connectivity index (χ2n) is 2.50. The van der Waals surface area contributed by atoms with E-state index in [1.54, 1.807) is 13.8 Å². The van der Waals surface area contributed by atoms with Gasteiger partial charge < -0.3 is 5.32 Å². The molecule has 3 N–H and O–H groups in total. The minimum atomic E-state index is -3.58. The number of nitrogens with one attached hydrogen (secondary N) is 1. The molecule has 0 heterocycles. The number of hydrogen-bond donors (Lipinski definition) is 2. The molecule has 1 amide bonds. The molecule has 0 bridgehead atoms. The van der Waals surface area contributed by atoms with Gasteiger partial charge in [-0.15, -0.1) is 0 Å². The number of rotatable bonds is 3. The molecule has 0 rings (SSSR count). The SMILES string of the molecule is CC(C)C(=O)NCS(N)(=O)=O. The first kappa shape index (κ1) is 10.4. The molecule has 0 aliphatic carbocycles. The first-order chi connectivity index (χ1) is 4.83. The Morgan fingerprint density at radius 1 is 1.55 bits per heavy atom. The molecular formula is C5H12N2O3S. The van der Waals surface area contributed by atoms with Crippen LogP contribution in [0.4, 0.5) is 0 Å². The lowest BCUT2D eigenvalue weighted by atomic mass is 10.2. The van der Waals surface area contributed by atoms with E-state index in [1.807, 2.05) is 0 Å². The van der Waals surface area contributed by atoms with E-state index in [1.165, 1.54) is 0 Å². The third kappa shape index (κ3) is 5.81. The van der Waals surface area contributed by atoms with Gasteiger partial charge in [-0.1, -0.05) is 13.8 Å². The summed E-state index contributed by atoms with van der Waals surface area (Å²) >= 11 is 0. The van der Waals surface area contributed by atoms with Crippen molar-refractivity contribution in [1.29, 1.82) is 0 Å². The summed E-state index contributed by atoms with van der Waals surface area (Å²) in [4.78, 5) is 10.8. The molecule has 66 valence electrons. The Kier molecular flexibility index (Phi) is 3.47. The summed E-state index contributed by atoms with van der Waals surface area (Å²) in [5.74, 6) is -1.04. The lowest BCUT2D eigenvalue weighted by Crippen LogP contribution is -2.35. The molecule has 0 atom stereocenters. The predicted octanol–water partition coefficient (Wildman–Crippen LogP) is -0.995. The fourth-order valence-electron chi connectivity index (χ4n) is 0.376. The minimum Gasteiger partial charge on any atom is -0.341 e. The highest BCUT2D eigenvalue weighted by molar-refractivity contribution is 7.89. The van der Waals surface area contributed by atoms with E-state index in [4.69, 9.17) is 0 Å². The Morgan fingerprint density at radius 2 is 2.00 bits per heavy atom. The Morgan fingerprint density at radius 3 is 2.27 bits per heavy atom. The van der Waals surface area contributed by atoms with E-state index in [2.05, 4.69) is 10.5 Å². The van der Waals surface area contributed by atoms with E-state index in [0.717, 1.165) is 0 Å². The van der Waals surface area contributed by atoms with E-state index in [-0.39, 0.29) is 11.8 Å². The number of primary sulfonamides is 1. The van der Waals surface area contributed by atoms with Gasteiger partial charge >= 0.3 is 0 Å². The Balaban J connectivity index is 3.83. The van der Waals surface area contributed by atoms with Crippen molar-refractivity contribution >= 4 is 15.9 Å². The summed E-state index contributed by atoms with van der Waals surface area (Å²) in [7, 11) is -3.58. The van der Waals surface area contributed by atoms with Crippen LogP contribution in [-0.4, -0.2) is 20.2 Å². The van der Waals surface area contributed by atoms with Gasteiger partial charge in [0.2, 0.25) is 15.9 Å². The summed E-state index contributed by atoms with van der Waals surface area (Å²) < 4.78 is 20.6. The van der Waals surface area contributed by atoms with Gasteiger partial charge in [0.05, 0.1) is 0 Å². The maximum Gasteiger partial charge on any atom is 0.227 e. The zero-order valence-corrected chi connectivity index (χ0v) is 7.31. The second kappa shape index (κ2) is 3.68. The van der Waals surface area contributed by atoms with Crippen LogP contribution in [0.15, 0.2) is 0 Å². The highest BCUT2D eigenvalue weighted by Gasteiger charge is 2.09. The molecule has 0 saturated heterocycles. The van der Waals surface area contributed by atoms with Crippen molar-refractivity contribution in [3.63, 3.8) is 0 Å². The molecule has 0 aromatic carbocycles. The summed E-state index contributed by atoms with van der Waals surface area (Å²) in [6.45, 7) is 3.33. The number of carbonyl (C=O) groups is 1. The van der Waals surface area contributed by atoms with Crippen LogP contribution in [0.1, 0.15) is 13.8 Å². The maximum atomic E-state index is 10.8. The molecule has 0 spiro atoms. The number of amides is 1. The van der Waals surface area contributed by atoms with Crippen LogP contribution in [0.25, 0.3) is 0 Å². The molecule has 0 saturated carbocycles. The normalized spacial score (nSPS) is 11.6. The van der Waals surface area contributed by atoms with Crippen molar-refractivity contribution in [3.8, 4) is 0 Å². The molecule has 0 fully saturated rings. The molecule has 0 aromatic rings. The topological polar surface area (TPSA) is 89.3 Å². The van der Waals surface area contributed by atoms with E-state index < -0.39 is 15.9 Å². The number of carbonyl (C=O) groups excluding carboxylic acids is 1. The average molecular weight is 180 g/mol. The van der Waals surface area contributed by atoms with E-state index in [0.29, 0.717) is 0 Å². The van der Waals surface area contributed by atoms with Crippen LogP contribution < -0.4 is 10.5 Å². The lowest BCUT2D eigenvalue weighted by molar-refractivity contribution is -0.123. The molecule has 0 aliphatic rings. The molecule has 0 unspecified atom stereocenters. The van der Waals surface area contributed by atoms with Gasteiger partial charge in [0, 0.05) is 5.92 Å². The lowest BCUT2D eigenvalue weighted by Gasteiger charge is -2.04. The summed E-state index contributed by atoms with van der Waals surface area (Å²) in [6, 6.07) is 0. The van der Waals surface area contributed by atoms with Crippen LogP contribution >= 0.6 is 0 Å². The Hall–Kier alpha value is -0.620. The van der Waals surface area contributed by atoms with Gasteiger partial charge in [0.1, 0.15) is 5.88 Å². The van der Waals surface area contributed by atoms with Crippen molar-refractivity contribution in [2.24, 2.45) is 11.1 Å². The predicted molar refractivity (Wildman–Crippen MR) is 41.0 cm³/mol. The Labute approximate surface area is 66.0 Å². The molecule has 11 heavy (non-hydrogen) atoms. The van der Waals surface area contributed by atoms with Gasteiger partial charge in [0.15, 0.2) is 0 Å². The van der Waals surface area contributed by atoms with Gasteiger partial charge in [-0.3, -0.25) is 4.79 Å². The zero-order valence-electron chi connectivity index (χ0n) is 6.49. The average Bonchev–Trinajstić information content (AvgIpc) is 1.80. The third-order valence-corrected chi connectivity index (χ3v) is 1.52. The van der Waals surface area contributed by atoms with Crippen LogP contribution in [0, 0.1) is 5.92 Å². The van der Waals surface area contributed by atoms with Crippen molar-refractivity contribution in [1.82, 2.24) is 5.32 Å². The van der Waals surface area contributed by atoms with Crippen molar-refractivity contribution in [2.45, 2.75) is 13.8 Å². The van der Waals surface area contributed by atoms with Gasteiger partial charge in [-0.05, 0) is 0 Å². The maximum absolute atomic E-state index is 10.8. The minimum absolute atomic E-state index is 0.225. The summed E-state index contributed by atoms with van der Waals surface area (Å²) in [6.07, 6.45) is 0. The Bertz CT molecular complexity index is 232. The number of hydrogen-bond acceptors (Lipinski definition) is 3. The van der Waals surface area contributed by atoms with Gasteiger partial charge in [-0.25, -0.2) is 13.6 Å². The standard InChI is InChI=1S/C5H12N2O3S/c1-4(2)5(8)7-3-11(6,9)10/h4H,3H2,1-2H3,(H,7,8)(H2,6,9,10). The smallest absolute Gasteiger partial charge is 0.227 e. The summed E-state index contributed by atoms with van der Waals surface area (Å²) in [5.41, 5.74) is 0. The molecule has 5 nitrogen and oxygen atoms in total. The number of sulfonamides is 1. The summed E-state index contributed by atoms with van der Waals surface area (Å²) in [5, 5.41) is 6.81. The van der Waals surface area contributed by atoms with Crippen LogP contribution in [0.5, 0.6) is 0 Å². The molecule has 6 heteroatoms. The highest BCUT2D eigenvalue weighted by atomic mass is 32.2. The fourth-order valence-corrected chi connectivity index (χ4v) is 0.719. The molecular weight excluding hydrogens is 168 g/mol.